The van der Waals surface area contributed by atoms with Gasteiger partial charge in [0.1, 0.15) is 5.76 Å². The second-order valence-electron chi connectivity index (χ2n) is 6.13. The zero-order valence-electron chi connectivity index (χ0n) is 14.8. The highest BCUT2D eigenvalue weighted by Gasteiger charge is 2.46. The number of furan rings is 1. The maximum atomic E-state index is 12.9. The molecule has 7 nitrogen and oxygen atoms in total. The maximum absolute atomic E-state index is 12.9. The zero-order valence-corrected chi connectivity index (χ0v) is 17.2. The number of carbonyl (C=O) groups excluding carboxylic acids is 1. The van der Waals surface area contributed by atoms with Gasteiger partial charge in [-0.25, -0.2) is 4.90 Å². The molecule has 27 heavy (non-hydrogen) atoms. The third-order valence-electron chi connectivity index (χ3n) is 4.36. The lowest BCUT2D eigenvalue weighted by atomic mass is 10.0. The highest BCUT2D eigenvalue weighted by Crippen LogP contribution is 2.39. The molecule has 1 atom stereocenters. The number of benzene rings is 1. The predicted molar refractivity (Wildman–Crippen MR) is 105 cm³/mol. The standard InChI is InChI=1S/C18H15BrN4O3S/c1-9-4-7-14(26-9)17-22(10(2)24)13-6-5-11(19)8-12(13)15-16(25)20-18(27-3)21-23(15)17/h4-8,17H,1-3H3/p+1. The molecule has 1 aliphatic rings. The molecule has 1 unspecified atom stereocenters. The first-order chi connectivity index (χ1) is 12.9. The Kier molecular flexibility index (Phi) is 4.43. The zero-order chi connectivity index (χ0) is 19.3. The van der Waals surface area contributed by atoms with E-state index in [-0.39, 0.29) is 11.5 Å². The number of H-pyrrole nitrogens is 1. The Balaban J connectivity index is 2.11. The van der Waals surface area contributed by atoms with Gasteiger partial charge in [0.15, 0.2) is 5.76 Å². The summed E-state index contributed by atoms with van der Waals surface area (Å²) in [4.78, 5) is 29.9. The van der Waals surface area contributed by atoms with Gasteiger partial charge in [-0.3, -0.25) is 14.6 Å². The van der Waals surface area contributed by atoms with Gasteiger partial charge in [0.05, 0.1) is 11.3 Å². The number of carbonyl (C=O) groups is 1. The number of aryl methyl sites for hydroxylation is 1. The minimum atomic E-state index is -0.687. The number of aromatic amines is 1. The second kappa shape index (κ2) is 6.65. The topological polar surface area (TPSA) is 83.1 Å². The van der Waals surface area contributed by atoms with Crippen molar-refractivity contribution in [3.63, 3.8) is 0 Å². The van der Waals surface area contributed by atoms with Crippen molar-refractivity contribution in [1.29, 1.82) is 0 Å². The quantitative estimate of drug-likeness (QED) is 0.482. The Labute approximate surface area is 167 Å². The van der Waals surface area contributed by atoms with Crippen LogP contribution in [0.1, 0.15) is 24.6 Å². The molecule has 138 valence electrons. The van der Waals surface area contributed by atoms with Crippen LogP contribution in [0.15, 0.2) is 49.2 Å². The molecular formula is C18H16BrN4O3S+. The molecule has 0 radical (unpaired) electrons. The van der Waals surface area contributed by atoms with Crippen LogP contribution in [0.5, 0.6) is 0 Å². The van der Waals surface area contributed by atoms with Gasteiger partial charge in [0.2, 0.25) is 11.1 Å². The lowest BCUT2D eigenvalue weighted by molar-refractivity contribution is -0.764. The fraction of sp³-hybridized carbons (Fsp3) is 0.222. The Bertz CT molecular complexity index is 1120. The van der Waals surface area contributed by atoms with Crippen molar-refractivity contribution in [3.8, 4) is 11.3 Å². The van der Waals surface area contributed by atoms with E-state index < -0.39 is 6.17 Å². The first-order valence-electron chi connectivity index (χ1n) is 8.17. The molecular weight excluding hydrogens is 432 g/mol. The fourth-order valence-electron chi connectivity index (χ4n) is 3.28. The molecule has 1 amide bonds. The average Bonchev–Trinajstić information content (AvgIpc) is 3.05. The highest BCUT2D eigenvalue weighted by atomic mass is 79.9. The van der Waals surface area contributed by atoms with Crippen molar-refractivity contribution in [2.75, 3.05) is 11.2 Å². The van der Waals surface area contributed by atoms with Crippen molar-refractivity contribution in [3.05, 3.63) is 56.7 Å². The van der Waals surface area contributed by atoms with Crippen LogP contribution in [0.2, 0.25) is 0 Å². The van der Waals surface area contributed by atoms with E-state index in [0.717, 1.165) is 4.47 Å². The third-order valence-corrected chi connectivity index (χ3v) is 5.42. The molecule has 1 N–H and O–H groups in total. The first-order valence-corrected chi connectivity index (χ1v) is 10.2. The molecule has 1 aromatic carbocycles. The van der Waals surface area contributed by atoms with Gasteiger partial charge in [-0.15, -0.1) is 0 Å². The van der Waals surface area contributed by atoms with Crippen LogP contribution in [0.3, 0.4) is 0 Å². The number of nitrogens with zero attached hydrogens (tertiary/aromatic N) is 3. The van der Waals surface area contributed by atoms with E-state index in [2.05, 4.69) is 26.0 Å². The second-order valence-corrected chi connectivity index (χ2v) is 7.84. The van der Waals surface area contributed by atoms with E-state index in [1.165, 1.54) is 18.7 Å². The number of amides is 1. The summed E-state index contributed by atoms with van der Waals surface area (Å²) in [5.74, 6) is 1.07. The van der Waals surface area contributed by atoms with Gasteiger partial charge in [-0.2, -0.15) is 0 Å². The molecule has 1 aliphatic heterocycles. The van der Waals surface area contributed by atoms with Crippen molar-refractivity contribution in [2.45, 2.75) is 25.2 Å². The molecule has 0 aliphatic carbocycles. The molecule has 2 aromatic heterocycles. The number of rotatable bonds is 2. The van der Waals surface area contributed by atoms with Gasteiger partial charge in [-0.05, 0) is 48.2 Å². The summed E-state index contributed by atoms with van der Waals surface area (Å²) < 4.78 is 8.20. The SMILES string of the molecule is CSc1n[n+]2c(c(=O)[nH]1)-c1cc(Br)ccc1N(C(C)=O)C2c1ccc(C)o1. The Hall–Kier alpha value is -2.39. The van der Waals surface area contributed by atoms with Crippen molar-refractivity contribution in [1.82, 2.24) is 10.1 Å². The number of fused-ring (bicyclic) bond motifs is 3. The smallest absolute Gasteiger partial charge is 0.325 e. The van der Waals surface area contributed by atoms with E-state index in [1.807, 2.05) is 37.4 Å². The van der Waals surface area contributed by atoms with Crippen LogP contribution < -0.4 is 15.1 Å². The maximum Gasteiger partial charge on any atom is 0.325 e. The van der Waals surface area contributed by atoms with Gasteiger partial charge in [0.25, 0.3) is 0 Å². The van der Waals surface area contributed by atoms with Crippen molar-refractivity contribution < 1.29 is 13.9 Å². The van der Waals surface area contributed by atoms with Crippen LogP contribution >= 0.6 is 27.7 Å². The number of nitrogens with one attached hydrogen (secondary N) is 1. The number of halogens is 1. The van der Waals surface area contributed by atoms with Crippen molar-refractivity contribution >= 4 is 39.3 Å². The van der Waals surface area contributed by atoms with Crippen molar-refractivity contribution in [2.24, 2.45) is 0 Å². The number of hydrogen-bond donors (Lipinski definition) is 1. The lowest BCUT2D eigenvalue weighted by Crippen LogP contribution is -2.60. The minimum absolute atomic E-state index is 0.177. The summed E-state index contributed by atoms with van der Waals surface area (Å²) in [7, 11) is 0. The lowest BCUT2D eigenvalue weighted by Gasteiger charge is -2.30. The molecule has 0 bridgehead atoms. The molecule has 0 saturated heterocycles. The Morgan fingerprint density at radius 3 is 2.78 bits per heavy atom. The van der Waals surface area contributed by atoms with Crippen LogP contribution in [-0.4, -0.2) is 22.2 Å². The largest absolute Gasteiger partial charge is 0.457 e. The summed E-state index contributed by atoms with van der Waals surface area (Å²) in [5.41, 5.74) is 1.36. The van der Waals surface area contributed by atoms with E-state index in [9.17, 15) is 9.59 Å². The normalized spacial score (nSPS) is 15.4. The highest BCUT2D eigenvalue weighted by molar-refractivity contribution is 9.10. The summed E-state index contributed by atoms with van der Waals surface area (Å²) >= 11 is 4.77. The predicted octanol–water partition coefficient (Wildman–Crippen LogP) is 3.02. The van der Waals surface area contributed by atoms with Crippen LogP contribution in [0.25, 0.3) is 11.3 Å². The molecule has 3 aromatic rings. The van der Waals surface area contributed by atoms with Gasteiger partial charge >= 0.3 is 17.4 Å². The number of hydrogen-bond acceptors (Lipinski definition) is 5. The molecule has 0 spiro atoms. The monoisotopic (exact) mass is 447 g/mol. The van der Waals surface area contributed by atoms with E-state index in [0.29, 0.717) is 33.6 Å². The van der Waals surface area contributed by atoms with E-state index in [4.69, 9.17) is 4.42 Å². The Morgan fingerprint density at radius 2 is 2.15 bits per heavy atom. The third kappa shape index (κ3) is 2.90. The first kappa shape index (κ1) is 18.0. The van der Waals surface area contributed by atoms with E-state index >= 15 is 0 Å². The summed E-state index contributed by atoms with van der Waals surface area (Å²) in [6.45, 7) is 3.32. The van der Waals surface area contributed by atoms with Crippen LogP contribution in [0, 0.1) is 6.92 Å². The molecule has 0 fully saturated rings. The number of thioether (sulfide) groups is 1. The van der Waals surface area contributed by atoms with Gasteiger partial charge in [-0.1, -0.05) is 27.7 Å². The van der Waals surface area contributed by atoms with Crippen LogP contribution in [0.4, 0.5) is 5.69 Å². The van der Waals surface area contributed by atoms with Gasteiger partial charge in [0, 0.05) is 16.5 Å². The minimum Gasteiger partial charge on any atom is -0.457 e. The number of anilines is 1. The van der Waals surface area contributed by atoms with Crippen LogP contribution in [-0.2, 0) is 4.79 Å². The Morgan fingerprint density at radius 1 is 1.37 bits per heavy atom. The summed E-state index contributed by atoms with van der Waals surface area (Å²) in [5, 5.41) is 5.03. The molecule has 4 rings (SSSR count). The van der Waals surface area contributed by atoms with Gasteiger partial charge < -0.3 is 4.42 Å². The van der Waals surface area contributed by atoms with E-state index in [1.54, 1.807) is 15.6 Å². The average molecular weight is 448 g/mol. The summed E-state index contributed by atoms with van der Waals surface area (Å²) in [6, 6.07) is 9.10. The number of aromatic nitrogens is 3. The molecule has 9 heteroatoms. The molecule has 3 heterocycles. The molecule has 0 saturated carbocycles. The summed E-state index contributed by atoms with van der Waals surface area (Å²) in [6.07, 6.45) is 1.14. The fourth-order valence-corrected chi connectivity index (χ4v) is 4.00.